The number of hydrogen-bond donors (Lipinski definition) is 1. The van der Waals surface area contributed by atoms with Crippen LogP contribution < -0.4 is 5.32 Å². The molecule has 0 radical (unpaired) electrons. The van der Waals surface area contributed by atoms with Gasteiger partial charge in [0.1, 0.15) is 0 Å². The molecule has 2 aliphatic rings. The molecule has 1 amide bonds. The molecule has 1 aromatic carbocycles. The number of sulfone groups is 1. The van der Waals surface area contributed by atoms with Gasteiger partial charge in [0.2, 0.25) is 0 Å². The van der Waals surface area contributed by atoms with Crippen LogP contribution in [0.4, 0.5) is 5.69 Å². The van der Waals surface area contributed by atoms with Crippen molar-refractivity contribution in [1.82, 2.24) is 9.78 Å². The van der Waals surface area contributed by atoms with E-state index < -0.39 is 9.84 Å². The van der Waals surface area contributed by atoms with Gasteiger partial charge in [-0.15, -0.1) is 0 Å². The van der Waals surface area contributed by atoms with E-state index in [4.69, 9.17) is 5.26 Å². The highest BCUT2D eigenvalue weighted by Gasteiger charge is 2.34. The smallest absolute Gasteiger partial charge is 0.276 e. The molecule has 7 nitrogen and oxygen atoms in total. The van der Waals surface area contributed by atoms with E-state index in [0.717, 1.165) is 36.9 Å². The molecule has 4 rings (SSSR count). The topological polar surface area (TPSA) is 105 Å². The van der Waals surface area contributed by atoms with Crippen LogP contribution in [-0.2, 0) is 22.7 Å². The van der Waals surface area contributed by atoms with Gasteiger partial charge in [-0.05, 0) is 50.3 Å². The highest BCUT2D eigenvalue weighted by molar-refractivity contribution is 7.91. The summed E-state index contributed by atoms with van der Waals surface area (Å²) in [6.45, 7) is 0. The number of anilines is 1. The van der Waals surface area contributed by atoms with E-state index in [-0.39, 0.29) is 23.5 Å². The normalized spacial score (nSPS) is 20.6. The van der Waals surface area contributed by atoms with E-state index in [0.29, 0.717) is 23.4 Å². The lowest BCUT2D eigenvalue weighted by Gasteiger charge is -2.17. The fraction of sp³-hybridized carbons (Fsp3) is 0.421. The third-order valence-corrected chi connectivity index (χ3v) is 6.98. The van der Waals surface area contributed by atoms with E-state index in [1.807, 2.05) is 0 Å². The molecule has 1 atom stereocenters. The van der Waals surface area contributed by atoms with Crippen LogP contribution in [0.1, 0.15) is 52.6 Å². The minimum atomic E-state index is -3.03. The summed E-state index contributed by atoms with van der Waals surface area (Å²) in [5, 5.41) is 16.4. The zero-order valence-electron chi connectivity index (χ0n) is 14.8. The highest BCUT2D eigenvalue weighted by Crippen LogP contribution is 2.31. The lowest BCUT2D eigenvalue weighted by molar-refractivity contribution is 0.102. The summed E-state index contributed by atoms with van der Waals surface area (Å²) in [4.78, 5) is 12.9. The van der Waals surface area contributed by atoms with Crippen LogP contribution in [0.15, 0.2) is 24.3 Å². The molecule has 1 aliphatic carbocycles. The maximum atomic E-state index is 12.9. The van der Waals surface area contributed by atoms with E-state index >= 15 is 0 Å². The summed E-state index contributed by atoms with van der Waals surface area (Å²) in [5.41, 5.74) is 3.31. The highest BCUT2D eigenvalue weighted by atomic mass is 32.2. The number of aromatic nitrogens is 2. The number of nitrogens with one attached hydrogen (secondary N) is 1. The van der Waals surface area contributed by atoms with Gasteiger partial charge in [0.25, 0.3) is 5.91 Å². The van der Waals surface area contributed by atoms with Gasteiger partial charge in [-0.2, -0.15) is 10.4 Å². The van der Waals surface area contributed by atoms with E-state index in [9.17, 15) is 13.2 Å². The molecule has 2 heterocycles. The Balaban J connectivity index is 1.66. The van der Waals surface area contributed by atoms with E-state index in [2.05, 4.69) is 16.5 Å². The molecule has 1 aromatic heterocycles. The van der Waals surface area contributed by atoms with Crippen molar-refractivity contribution in [2.75, 3.05) is 16.8 Å². The van der Waals surface area contributed by atoms with Gasteiger partial charge in [-0.25, -0.2) is 8.42 Å². The van der Waals surface area contributed by atoms with Crippen molar-refractivity contribution in [1.29, 1.82) is 5.26 Å². The lowest BCUT2D eigenvalue weighted by atomic mass is 9.95. The molecule has 1 N–H and O–H groups in total. The average molecular weight is 384 g/mol. The summed E-state index contributed by atoms with van der Waals surface area (Å²) in [6.07, 6.45) is 4.14. The maximum absolute atomic E-state index is 12.9. The third kappa shape index (κ3) is 3.47. The average Bonchev–Trinajstić information content (AvgIpc) is 3.22. The fourth-order valence-electron chi connectivity index (χ4n) is 3.94. The molecule has 0 bridgehead atoms. The number of fused-ring (bicyclic) bond motifs is 1. The second kappa shape index (κ2) is 6.82. The Morgan fingerprint density at radius 1 is 1.30 bits per heavy atom. The fourth-order valence-corrected chi connectivity index (χ4v) is 5.63. The van der Waals surface area contributed by atoms with Crippen LogP contribution in [0.2, 0.25) is 0 Å². The molecule has 0 unspecified atom stereocenters. The number of nitriles is 1. The van der Waals surface area contributed by atoms with Gasteiger partial charge in [-0.3, -0.25) is 9.48 Å². The standard InChI is InChI=1S/C19H20N4O3S/c20-11-13-4-3-5-14(10-13)21-19(24)18-16-6-1-2-7-17(16)23(22-18)15-8-9-27(25,26)12-15/h3-5,10,15H,1-2,6-9,12H2,(H,21,24)/t15-/m0/s1. The number of nitrogens with zero attached hydrogens (tertiary/aromatic N) is 3. The summed E-state index contributed by atoms with van der Waals surface area (Å²) in [7, 11) is -3.03. The van der Waals surface area contributed by atoms with Crippen LogP contribution >= 0.6 is 0 Å². The molecule has 0 spiro atoms. The molecule has 1 saturated heterocycles. The zero-order chi connectivity index (χ0) is 19.0. The number of amides is 1. The van der Waals surface area contributed by atoms with Gasteiger partial charge in [0.05, 0.1) is 29.2 Å². The van der Waals surface area contributed by atoms with Gasteiger partial charge in [0, 0.05) is 16.9 Å². The minimum absolute atomic E-state index is 0.0897. The first-order valence-electron chi connectivity index (χ1n) is 9.09. The van der Waals surface area contributed by atoms with Crippen LogP contribution in [0, 0.1) is 11.3 Å². The largest absolute Gasteiger partial charge is 0.321 e. The molecule has 2 aromatic rings. The zero-order valence-corrected chi connectivity index (χ0v) is 15.6. The summed E-state index contributed by atoms with van der Waals surface area (Å²) in [6, 6.07) is 8.59. The Kier molecular flexibility index (Phi) is 4.48. The SMILES string of the molecule is N#Cc1cccc(NC(=O)c2nn([C@H]3CCS(=O)(=O)C3)c3c2CCCC3)c1. The van der Waals surface area contributed by atoms with Crippen LogP contribution in [0.5, 0.6) is 0 Å². The predicted octanol–water partition coefficient (Wildman–Crippen LogP) is 2.25. The Morgan fingerprint density at radius 2 is 2.11 bits per heavy atom. The van der Waals surface area contributed by atoms with Crippen molar-refractivity contribution in [2.45, 2.75) is 38.1 Å². The number of hydrogen-bond acceptors (Lipinski definition) is 5. The van der Waals surface area contributed by atoms with Crippen molar-refractivity contribution in [3.05, 3.63) is 46.8 Å². The Hall–Kier alpha value is -2.66. The Morgan fingerprint density at radius 3 is 2.85 bits per heavy atom. The van der Waals surface area contributed by atoms with Crippen molar-refractivity contribution in [3.8, 4) is 6.07 Å². The van der Waals surface area contributed by atoms with Crippen LogP contribution in [-0.4, -0.2) is 35.6 Å². The maximum Gasteiger partial charge on any atom is 0.276 e. The molecule has 27 heavy (non-hydrogen) atoms. The van der Waals surface area contributed by atoms with Crippen molar-refractivity contribution in [2.24, 2.45) is 0 Å². The van der Waals surface area contributed by atoms with Gasteiger partial charge < -0.3 is 5.32 Å². The van der Waals surface area contributed by atoms with Crippen LogP contribution in [0.3, 0.4) is 0 Å². The molecule has 0 saturated carbocycles. The minimum Gasteiger partial charge on any atom is -0.321 e. The molecule has 1 fully saturated rings. The number of rotatable bonds is 3. The first kappa shape index (κ1) is 17.7. The predicted molar refractivity (Wildman–Crippen MR) is 100 cm³/mol. The first-order chi connectivity index (χ1) is 13.0. The Labute approximate surface area is 157 Å². The quantitative estimate of drug-likeness (QED) is 0.874. The van der Waals surface area contributed by atoms with Crippen LogP contribution in [0.25, 0.3) is 0 Å². The third-order valence-electron chi connectivity index (χ3n) is 5.23. The second-order valence-electron chi connectivity index (χ2n) is 7.13. The number of carbonyl (C=O) groups is 1. The summed E-state index contributed by atoms with van der Waals surface area (Å²) < 4.78 is 25.5. The van der Waals surface area contributed by atoms with E-state index in [1.54, 1.807) is 28.9 Å². The lowest BCUT2D eigenvalue weighted by Crippen LogP contribution is -2.17. The molecule has 140 valence electrons. The van der Waals surface area contributed by atoms with Crippen molar-refractivity contribution >= 4 is 21.4 Å². The number of carbonyl (C=O) groups excluding carboxylic acids is 1. The Bertz CT molecular complexity index is 1050. The van der Waals surface area contributed by atoms with E-state index in [1.165, 1.54) is 0 Å². The second-order valence-corrected chi connectivity index (χ2v) is 9.36. The summed E-state index contributed by atoms with van der Waals surface area (Å²) >= 11 is 0. The first-order valence-corrected chi connectivity index (χ1v) is 10.9. The van der Waals surface area contributed by atoms with Gasteiger partial charge in [-0.1, -0.05) is 6.07 Å². The van der Waals surface area contributed by atoms with Gasteiger partial charge in [0.15, 0.2) is 15.5 Å². The molecular weight excluding hydrogens is 364 g/mol. The molecule has 8 heteroatoms. The molecule has 1 aliphatic heterocycles. The van der Waals surface area contributed by atoms with Crippen molar-refractivity contribution in [3.63, 3.8) is 0 Å². The van der Waals surface area contributed by atoms with Crippen molar-refractivity contribution < 1.29 is 13.2 Å². The monoisotopic (exact) mass is 384 g/mol. The summed E-state index contributed by atoms with van der Waals surface area (Å²) in [5.74, 6) is -0.0518. The molecular formula is C19H20N4O3S. The number of benzene rings is 1. The van der Waals surface area contributed by atoms with Gasteiger partial charge >= 0.3 is 0 Å².